The standard InChI is InChI=1S/C12H9ClFN3O/c13-7-1-4-11(16-6-7)12(18)17-8-2-3-9(14)10(15)5-8/h1-6H,15H2,(H,17,18). The molecule has 6 heteroatoms. The summed E-state index contributed by atoms with van der Waals surface area (Å²) in [5, 5.41) is 3.00. The number of nitrogens with two attached hydrogens (primary N) is 1. The minimum absolute atomic E-state index is 0.0307. The summed E-state index contributed by atoms with van der Waals surface area (Å²) in [4.78, 5) is 15.6. The molecule has 1 aromatic carbocycles. The van der Waals surface area contributed by atoms with E-state index in [1.165, 1.54) is 30.5 Å². The second-order valence-electron chi connectivity index (χ2n) is 3.55. The lowest BCUT2D eigenvalue weighted by molar-refractivity contribution is 0.102. The number of nitrogen functional groups attached to an aromatic ring is 1. The van der Waals surface area contributed by atoms with Crippen LogP contribution in [0.3, 0.4) is 0 Å². The molecule has 0 aliphatic rings. The number of amides is 1. The Hall–Kier alpha value is -2.14. The van der Waals surface area contributed by atoms with Crippen molar-refractivity contribution >= 4 is 28.9 Å². The molecular formula is C12H9ClFN3O. The fourth-order valence-electron chi connectivity index (χ4n) is 1.33. The summed E-state index contributed by atoms with van der Waals surface area (Å²) in [7, 11) is 0. The summed E-state index contributed by atoms with van der Waals surface area (Å²) < 4.78 is 12.9. The van der Waals surface area contributed by atoms with E-state index in [0.29, 0.717) is 10.7 Å². The normalized spacial score (nSPS) is 10.1. The fourth-order valence-corrected chi connectivity index (χ4v) is 1.44. The van der Waals surface area contributed by atoms with Gasteiger partial charge in [0.25, 0.3) is 5.91 Å². The van der Waals surface area contributed by atoms with Gasteiger partial charge in [0.15, 0.2) is 0 Å². The number of carbonyl (C=O) groups is 1. The zero-order valence-corrected chi connectivity index (χ0v) is 9.91. The molecule has 4 nitrogen and oxygen atoms in total. The van der Waals surface area contributed by atoms with Gasteiger partial charge in [0, 0.05) is 11.9 Å². The number of hydrogen-bond acceptors (Lipinski definition) is 3. The number of rotatable bonds is 2. The largest absolute Gasteiger partial charge is 0.396 e. The summed E-state index contributed by atoms with van der Waals surface area (Å²) in [6.07, 6.45) is 1.37. The van der Waals surface area contributed by atoms with Gasteiger partial charge in [-0.15, -0.1) is 0 Å². The SMILES string of the molecule is Nc1cc(NC(=O)c2ccc(Cl)cn2)ccc1F. The van der Waals surface area contributed by atoms with Crippen LogP contribution in [0.4, 0.5) is 15.8 Å². The first kappa shape index (κ1) is 12.3. The van der Waals surface area contributed by atoms with Crippen LogP contribution in [0, 0.1) is 5.82 Å². The van der Waals surface area contributed by atoms with Crippen molar-refractivity contribution in [2.24, 2.45) is 0 Å². The molecule has 1 heterocycles. The van der Waals surface area contributed by atoms with Crippen LogP contribution in [0.2, 0.25) is 5.02 Å². The van der Waals surface area contributed by atoms with Gasteiger partial charge in [0.05, 0.1) is 10.7 Å². The molecule has 1 amide bonds. The zero-order valence-electron chi connectivity index (χ0n) is 9.15. The Morgan fingerprint density at radius 1 is 1.33 bits per heavy atom. The van der Waals surface area contributed by atoms with Crippen LogP contribution in [0.1, 0.15) is 10.5 Å². The van der Waals surface area contributed by atoms with Gasteiger partial charge in [0.1, 0.15) is 11.5 Å². The van der Waals surface area contributed by atoms with Crippen molar-refractivity contribution in [3.05, 3.63) is 53.1 Å². The Kier molecular flexibility index (Phi) is 3.43. The minimum atomic E-state index is -0.530. The molecule has 2 rings (SSSR count). The maximum absolute atomic E-state index is 12.9. The van der Waals surface area contributed by atoms with Crippen LogP contribution < -0.4 is 11.1 Å². The Morgan fingerprint density at radius 3 is 2.72 bits per heavy atom. The molecule has 0 aliphatic carbocycles. The lowest BCUT2D eigenvalue weighted by Crippen LogP contribution is -2.13. The number of nitrogens with zero attached hydrogens (tertiary/aromatic N) is 1. The monoisotopic (exact) mass is 265 g/mol. The van der Waals surface area contributed by atoms with Crippen molar-refractivity contribution in [2.45, 2.75) is 0 Å². The van der Waals surface area contributed by atoms with Gasteiger partial charge >= 0.3 is 0 Å². The molecule has 0 radical (unpaired) electrons. The van der Waals surface area contributed by atoms with E-state index in [1.807, 2.05) is 0 Å². The second-order valence-corrected chi connectivity index (χ2v) is 3.99. The average Bonchev–Trinajstić information content (AvgIpc) is 2.34. The van der Waals surface area contributed by atoms with Crippen LogP contribution in [-0.4, -0.2) is 10.9 Å². The van der Waals surface area contributed by atoms with E-state index in [0.717, 1.165) is 0 Å². The molecule has 2 aromatic rings. The summed E-state index contributed by atoms with van der Waals surface area (Å²) in [6, 6.07) is 6.98. The van der Waals surface area contributed by atoms with Gasteiger partial charge in [-0.05, 0) is 30.3 Å². The van der Waals surface area contributed by atoms with Gasteiger partial charge in [-0.25, -0.2) is 9.37 Å². The molecule has 0 saturated carbocycles. The highest BCUT2D eigenvalue weighted by Gasteiger charge is 2.08. The quantitative estimate of drug-likeness (QED) is 0.821. The van der Waals surface area contributed by atoms with E-state index in [2.05, 4.69) is 10.3 Å². The molecule has 0 bridgehead atoms. The number of nitrogens with one attached hydrogen (secondary N) is 1. The Labute approximate surface area is 108 Å². The topological polar surface area (TPSA) is 68.0 Å². The van der Waals surface area contributed by atoms with Crippen molar-refractivity contribution in [1.82, 2.24) is 4.98 Å². The average molecular weight is 266 g/mol. The van der Waals surface area contributed by atoms with Crippen molar-refractivity contribution in [3.8, 4) is 0 Å². The maximum Gasteiger partial charge on any atom is 0.274 e. The van der Waals surface area contributed by atoms with Crippen LogP contribution in [0.25, 0.3) is 0 Å². The number of benzene rings is 1. The van der Waals surface area contributed by atoms with Gasteiger partial charge in [-0.2, -0.15) is 0 Å². The summed E-state index contributed by atoms with van der Waals surface area (Å²) in [5.74, 6) is -0.949. The minimum Gasteiger partial charge on any atom is -0.396 e. The van der Waals surface area contributed by atoms with E-state index in [-0.39, 0.29) is 11.4 Å². The Bertz CT molecular complexity index is 586. The third-order valence-electron chi connectivity index (χ3n) is 2.21. The van der Waals surface area contributed by atoms with E-state index in [4.69, 9.17) is 17.3 Å². The van der Waals surface area contributed by atoms with E-state index < -0.39 is 11.7 Å². The van der Waals surface area contributed by atoms with E-state index in [1.54, 1.807) is 6.07 Å². The van der Waals surface area contributed by atoms with Crippen molar-refractivity contribution in [3.63, 3.8) is 0 Å². The highest BCUT2D eigenvalue weighted by molar-refractivity contribution is 6.30. The molecule has 18 heavy (non-hydrogen) atoms. The third kappa shape index (κ3) is 2.75. The van der Waals surface area contributed by atoms with Crippen molar-refractivity contribution in [1.29, 1.82) is 0 Å². The molecule has 0 saturated heterocycles. The van der Waals surface area contributed by atoms with Crippen LogP contribution in [-0.2, 0) is 0 Å². The van der Waals surface area contributed by atoms with Gasteiger partial charge < -0.3 is 11.1 Å². The molecule has 1 aromatic heterocycles. The maximum atomic E-state index is 12.9. The summed E-state index contributed by atoms with van der Waals surface area (Å²) >= 11 is 5.66. The second kappa shape index (κ2) is 5.01. The number of hydrogen-bond donors (Lipinski definition) is 2. The predicted molar refractivity (Wildman–Crippen MR) is 68.0 cm³/mol. The van der Waals surface area contributed by atoms with E-state index in [9.17, 15) is 9.18 Å². The zero-order chi connectivity index (χ0) is 13.1. The molecule has 0 atom stereocenters. The van der Waals surface area contributed by atoms with E-state index >= 15 is 0 Å². The van der Waals surface area contributed by atoms with Crippen LogP contribution in [0.5, 0.6) is 0 Å². The smallest absolute Gasteiger partial charge is 0.274 e. The first-order valence-electron chi connectivity index (χ1n) is 5.04. The molecule has 0 unspecified atom stereocenters. The predicted octanol–water partition coefficient (Wildman–Crippen LogP) is 2.71. The van der Waals surface area contributed by atoms with Gasteiger partial charge in [-0.1, -0.05) is 11.6 Å². The molecule has 0 fully saturated rings. The van der Waals surface area contributed by atoms with Crippen molar-refractivity contribution < 1.29 is 9.18 Å². The summed E-state index contributed by atoms with van der Waals surface area (Å²) in [6.45, 7) is 0. The molecule has 3 N–H and O–H groups in total. The highest BCUT2D eigenvalue weighted by Crippen LogP contribution is 2.17. The molecule has 0 aliphatic heterocycles. The first-order chi connectivity index (χ1) is 8.56. The third-order valence-corrected chi connectivity index (χ3v) is 2.44. The Morgan fingerprint density at radius 2 is 2.11 bits per heavy atom. The lowest BCUT2D eigenvalue weighted by Gasteiger charge is -2.05. The first-order valence-corrected chi connectivity index (χ1v) is 5.42. The van der Waals surface area contributed by atoms with Crippen molar-refractivity contribution in [2.75, 3.05) is 11.1 Å². The lowest BCUT2D eigenvalue weighted by atomic mass is 10.2. The number of anilines is 2. The molecule has 92 valence electrons. The van der Waals surface area contributed by atoms with Gasteiger partial charge in [0.2, 0.25) is 0 Å². The van der Waals surface area contributed by atoms with Crippen LogP contribution in [0.15, 0.2) is 36.5 Å². The molecule has 0 spiro atoms. The number of pyridine rings is 1. The Balaban J connectivity index is 2.16. The summed E-state index contributed by atoms with van der Waals surface area (Å²) in [5.41, 5.74) is 5.97. The number of halogens is 2. The number of aromatic nitrogens is 1. The molecular weight excluding hydrogens is 257 g/mol. The van der Waals surface area contributed by atoms with Crippen LogP contribution >= 0.6 is 11.6 Å². The van der Waals surface area contributed by atoms with Gasteiger partial charge in [-0.3, -0.25) is 4.79 Å². The number of carbonyl (C=O) groups excluding carboxylic acids is 1. The highest BCUT2D eigenvalue weighted by atomic mass is 35.5. The fraction of sp³-hybridized carbons (Fsp3) is 0.